The summed E-state index contributed by atoms with van der Waals surface area (Å²) < 4.78 is 6.12. The first-order chi connectivity index (χ1) is 17.3. The monoisotopic (exact) mass is 508 g/mol. The topological polar surface area (TPSA) is 80.7 Å². The Morgan fingerprint density at radius 2 is 1.89 bits per heavy atom. The van der Waals surface area contributed by atoms with Gasteiger partial charge in [0.15, 0.2) is 0 Å². The highest BCUT2D eigenvalue weighted by Gasteiger charge is 2.59. The predicted molar refractivity (Wildman–Crippen MR) is 145 cm³/mol. The van der Waals surface area contributed by atoms with Crippen LogP contribution >= 0.6 is 0 Å². The van der Waals surface area contributed by atoms with Crippen LogP contribution < -0.4 is 0 Å². The molecule has 4 unspecified atom stereocenters. The molecule has 37 heavy (non-hydrogen) atoms. The van der Waals surface area contributed by atoms with Crippen LogP contribution in [0.1, 0.15) is 99.3 Å². The molecule has 0 aliphatic heterocycles. The molecule has 0 heterocycles. The second-order valence-electron chi connectivity index (χ2n) is 13.1. The second kappa shape index (κ2) is 10.0. The van der Waals surface area contributed by atoms with Crippen molar-refractivity contribution in [2.45, 2.75) is 105 Å². The Morgan fingerprint density at radius 1 is 1.19 bits per heavy atom. The number of unbranched alkanes of at least 4 members (excludes halogenated alkanes) is 2. The molecule has 0 aromatic heterocycles. The summed E-state index contributed by atoms with van der Waals surface area (Å²) >= 11 is 0. The number of carbonyl (C=O) groups excluding carboxylic acids is 3. The maximum atomic E-state index is 13.8. The highest BCUT2D eigenvalue weighted by Crippen LogP contribution is 2.63. The fourth-order valence-corrected chi connectivity index (χ4v) is 7.65. The molecule has 1 N–H and O–H groups in total. The first-order valence-corrected chi connectivity index (χ1v) is 14.1. The van der Waals surface area contributed by atoms with Crippen LogP contribution in [0.2, 0.25) is 0 Å². The number of Topliss-reactive ketones (excluding diaryl/α,β-unsaturated/α-hetero) is 2. The van der Waals surface area contributed by atoms with Gasteiger partial charge in [-0.3, -0.25) is 9.59 Å². The first kappa shape index (κ1) is 27.6. The number of hydrogen-bond acceptors (Lipinski definition) is 5. The molecule has 5 nitrogen and oxygen atoms in total. The largest absolute Gasteiger partial charge is 0.507 e. The van der Waals surface area contributed by atoms with Crippen LogP contribution in [0, 0.1) is 28.6 Å². The Bertz CT molecular complexity index is 1120. The number of rotatable bonds is 8. The van der Waals surface area contributed by atoms with Gasteiger partial charge in [-0.05, 0) is 76.0 Å². The third kappa shape index (κ3) is 4.91. The molecule has 5 heteroatoms. The van der Waals surface area contributed by atoms with Crippen LogP contribution in [0.4, 0.5) is 0 Å². The van der Waals surface area contributed by atoms with Crippen molar-refractivity contribution in [3.05, 3.63) is 46.3 Å². The van der Waals surface area contributed by atoms with E-state index < -0.39 is 23.5 Å². The molecule has 0 saturated heterocycles. The average molecular weight is 509 g/mol. The summed E-state index contributed by atoms with van der Waals surface area (Å²) in [5, 5.41) is 11.6. The van der Waals surface area contributed by atoms with E-state index in [1.54, 1.807) is 0 Å². The zero-order chi connectivity index (χ0) is 27.3. The maximum absolute atomic E-state index is 13.8. The van der Waals surface area contributed by atoms with Gasteiger partial charge in [-0.25, -0.2) is 4.79 Å². The van der Waals surface area contributed by atoms with E-state index in [1.807, 2.05) is 19.9 Å². The second-order valence-corrected chi connectivity index (χ2v) is 13.1. The molecule has 0 aromatic rings. The standard InChI is InChI=1S/C32H44O5/c1-8-9-10-11-22-26(30(36)37-24-15-20-16-32(24,7)17-31(20,5)6)28(34)25(29(35)27(22)33)23-14-19(4)12-13-21(23)18(2)3/h14,20-21,23-24,34H,2,8-13,15-17H2,1,3-7H3/t20?,21?,23-,24?,32?/m1/s1. The fourth-order valence-electron chi connectivity index (χ4n) is 7.65. The van der Waals surface area contributed by atoms with E-state index in [-0.39, 0.29) is 51.8 Å². The highest BCUT2D eigenvalue weighted by atomic mass is 16.5. The Balaban J connectivity index is 1.75. The number of aliphatic hydroxyl groups is 1. The summed E-state index contributed by atoms with van der Waals surface area (Å²) in [7, 11) is 0. The minimum Gasteiger partial charge on any atom is -0.507 e. The number of allylic oxidation sites excluding steroid dienone is 5. The number of carbonyl (C=O) groups is 3. The molecule has 4 rings (SSSR count). The summed E-state index contributed by atoms with van der Waals surface area (Å²) in [5.74, 6) is -2.48. The number of ether oxygens (including phenoxy) is 1. The molecule has 5 atom stereocenters. The van der Waals surface area contributed by atoms with Gasteiger partial charge in [-0.2, -0.15) is 0 Å². The van der Waals surface area contributed by atoms with Gasteiger partial charge in [0.05, 0.1) is 5.57 Å². The molecule has 0 aromatic carbocycles. The lowest BCUT2D eigenvalue weighted by molar-refractivity contribution is -0.152. The Labute approximate surface area is 222 Å². The summed E-state index contributed by atoms with van der Waals surface area (Å²) in [6.07, 6.45) is 8.88. The van der Waals surface area contributed by atoms with Crippen LogP contribution in [-0.4, -0.2) is 28.7 Å². The van der Waals surface area contributed by atoms with Crippen molar-refractivity contribution in [2.24, 2.45) is 28.6 Å². The van der Waals surface area contributed by atoms with Crippen LogP contribution in [-0.2, 0) is 19.1 Å². The molecular weight excluding hydrogens is 464 g/mol. The van der Waals surface area contributed by atoms with Crippen molar-refractivity contribution in [3.63, 3.8) is 0 Å². The Morgan fingerprint density at radius 3 is 2.46 bits per heavy atom. The molecule has 4 aliphatic rings. The Hall–Kier alpha value is -2.43. The number of esters is 1. The van der Waals surface area contributed by atoms with E-state index in [4.69, 9.17) is 4.74 Å². The van der Waals surface area contributed by atoms with Crippen molar-refractivity contribution in [2.75, 3.05) is 0 Å². The molecule has 2 saturated carbocycles. The number of aliphatic hydroxyl groups excluding tert-OH is 1. The lowest BCUT2D eigenvalue weighted by atomic mass is 9.70. The molecule has 0 spiro atoms. The molecule has 202 valence electrons. The zero-order valence-corrected chi connectivity index (χ0v) is 23.5. The zero-order valence-electron chi connectivity index (χ0n) is 23.5. The van der Waals surface area contributed by atoms with E-state index in [0.29, 0.717) is 12.3 Å². The normalized spacial score (nSPS) is 33.2. The Kier molecular flexibility index (Phi) is 7.49. The van der Waals surface area contributed by atoms with Gasteiger partial charge in [0.25, 0.3) is 0 Å². The molecule has 2 fully saturated rings. The lowest BCUT2D eigenvalue weighted by Gasteiger charge is -2.39. The summed E-state index contributed by atoms with van der Waals surface area (Å²) in [6.45, 7) is 16.8. The van der Waals surface area contributed by atoms with Crippen molar-refractivity contribution >= 4 is 17.5 Å². The molecule has 0 radical (unpaired) electrons. The van der Waals surface area contributed by atoms with Gasteiger partial charge in [0.1, 0.15) is 17.4 Å². The minimum atomic E-state index is -0.698. The smallest absolute Gasteiger partial charge is 0.342 e. The molecule has 2 bridgehead atoms. The van der Waals surface area contributed by atoms with Crippen molar-refractivity contribution < 1.29 is 24.2 Å². The van der Waals surface area contributed by atoms with Crippen LogP contribution in [0.15, 0.2) is 46.3 Å². The predicted octanol–water partition coefficient (Wildman–Crippen LogP) is 7.13. The van der Waals surface area contributed by atoms with E-state index in [0.717, 1.165) is 56.1 Å². The van der Waals surface area contributed by atoms with Crippen LogP contribution in [0.3, 0.4) is 0 Å². The highest BCUT2D eigenvalue weighted by molar-refractivity contribution is 6.51. The van der Waals surface area contributed by atoms with Gasteiger partial charge in [0, 0.05) is 16.9 Å². The first-order valence-electron chi connectivity index (χ1n) is 14.1. The quantitative estimate of drug-likeness (QED) is 0.124. The van der Waals surface area contributed by atoms with E-state index in [2.05, 4.69) is 34.3 Å². The maximum Gasteiger partial charge on any atom is 0.342 e. The van der Waals surface area contributed by atoms with E-state index in [9.17, 15) is 19.5 Å². The lowest BCUT2D eigenvalue weighted by Crippen LogP contribution is -2.39. The summed E-state index contributed by atoms with van der Waals surface area (Å²) in [5.41, 5.74) is 2.16. The van der Waals surface area contributed by atoms with E-state index in [1.165, 1.54) is 0 Å². The van der Waals surface area contributed by atoms with E-state index >= 15 is 0 Å². The third-order valence-corrected chi connectivity index (χ3v) is 9.67. The van der Waals surface area contributed by atoms with Crippen molar-refractivity contribution in [3.8, 4) is 0 Å². The SMILES string of the molecule is C=C(C)C1CCC(C)=C[C@H]1C1=C(O)C(C(=O)OC2CC3CC2(C)CC3(C)C)=C(CCCCC)C(=O)C1=O. The van der Waals surface area contributed by atoms with Gasteiger partial charge < -0.3 is 9.84 Å². The molecule has 0 amide bonds. The minimum absolute atomic E-state index is 0.0310. The summed E-state index contributed by atoms with van der Waals surface area (Å²) in [4.78, 5) is 40.8. The summed E-state index contributed by atoms with van der Waals surface area (Å²) in [6, 6.07) is 0. The van der Waals surface area contributed by atoms with Crippen molar-refractivity contribution in [1.82, 2.24) is 0 Å². The van der Waals surface area contributed by atoms with Crippen molar-refractivity contribution in [1.29, 1.82) is 0 Å². The third-order valence-electron chi connectivity index (χ3n) is 9.67. The van der Waals surface area contributed by atoms with Crippen LogP contribution in [0.25, 0.3) is 0 Å². The molecular formula is C32H44O5. The number of fused-ring (bicyclic) bond motifs is 2. The van der Waals surface area contributed by atoms with Gasteiger partial charge in [-0.15, -0.1) is 0 Å². The van der Waals surface area contributed by atoms with Gasteiger partial charge >= 0.3 is 5.97 Å². The van der Waals surface area contributed by atoms with Gasteiger partial charge in [-0.1, -0.05) is 64.3 Å². The molecule has 4 aliphatic carbocycles. The van der Waals surface area contributed by atoms with Crippen LogP contribution in [0.5, 0.6) is 0 Å². The number of ketones is 2. The number of hydrogen-bond donors (Lipinski definition) is 1. The van der Waals surface area contributed by atoms with Gasteiger partial charge in [0.2, 0.25) is 11.6 Å². The fraction of sp³-hybridized carbons (Fsp3) is 0.656. The average Bonchev–Trinajstić information content (AvgIpc) is 3.24.